The Morgan fingerprint density at radius 3 is 2.42 bits per heavy atom. The Morgan fingerprint density at radius 1 is 1.29 bits per heavy atom. The molecule has 0 aromatic heterocycles. The van der Waals surface area contributed by atoms with Crippen LogP contribution in [0.25, 0.3) is 0 Å². The Bertz CT molecular complexity index is 610. The lowest BCUT2D eigenvalue weighted by Crippen LogP contribution is -2.38. The van der Waals surface area contributed by atoms with Crippen molar-refractivity contribution in [3.05, 3.63) is 35.9 Å². The monoisotopic (exact) mass is 335 g/mol. The summed E-state index contributed by atoms with van der Waals surface area (Å²) in [5, 5.41) is 8.88. The minimum Gasteiger partial charge on any atom is -0.493 e. The van der Waals surface area contributed by atoms with Crippen LogP contribution in [0.2, 0.25) is 0 Å². The molecular weight excluding hydrogens is 310 g/mol. The van der Waals surface area contributed by atoms with E-state index in [9.17, 15) is 9.59 Å². The van der Waals surface area contributed by atoms with Crippen molar-refractivity contribution in [2.24, 2.45) is 0 Å². The molecule has 0 bridgehead atoms. The van der Waals surface area contributed by atoms with Gasteiger partial charge in [-0.1, -0.05) is 6.08 Å². The first kappa shape index (κ1) is 19.5. The number of carboxylic acids is 1. The van der Waals surface area contributed by atoms with Gasteiger partial charge in [-0.05, 0) is 32.4 Å². The van der Waals surface area contributed by atoms with Crippen LogP contribution in [-0.4, -0.2) is 48.7 Å². The fourth-order valence-corrected chi connectivity index (χ4v) is 2.45. The number of carbonyl (C=O) groups is 2. The summed E-state index contributed by atoms with van der Waals surface area (Å²) < 4.78 is 10.7. The van der Waals surface area contributed by atoms with Crippen LogP contribution >= 0.6 is 0 Å². The number of methoxy groups -OCH3 is 2. The SMILES string of the molecule is C=CCc1cc(C(=O)N(CCC(=O)O)C(C)C)cc(OC)c1OC. The van der Waals surface area contributed by atoms with Gasteiger partial charge in [0.2, 0.25) is 0 Å². The molecule has 1 aromatic rings. The average molecular weight is 335 g/mol. The average Bonchev–Trinajstić information content (AvgIpc) is 2.53. The summed E-state index contributed by atoms with van der Waals surface area (Å²) in [6.07, 6.45) is 2.14. The maximum absolute atomic E-state index is 12.8. The standard InChI is InChI=1S/C18H25NO5/c1-6-7-13-10-14(11-15(23-4)17(13)24-5)18(22)19(12(2)3)9-8-16(20)21/h6,10-12H,1,7-9H2,2-5H3,(H,20,21). The van der Waals surface area contributed by atoms with Gasteiger partial charge in [0.05, 0.1) is 20.6 Å². The fourth-order valence-electron chi connectivity index (χ4n) is 2.45. The normalized spacial score (nSPS) is 10.4. The van der Waals surface area contributed by atoms with Crippen LogP contribution in [0.15, 0.2) is 24.8 Å². The van der Waals surface area contributed by atoms with Crippen molar-refractivity contribution in [1.29, 1.82) is 0 Å². The predicted molar refractivity (Wildman–Crippen MR) is 91.9 cm³/mol. The van der Waals surface area contributed by atoms with Crippen LogP contribution in [0.4, 0.5) is 0 Å². The molecule has 1 rings (SSSR count). The molecule has 0 radical (unpaired) electrons. The third kappa shape index (κ3) is 4.75. The zero-order valence-corrected chi connectivity index (χ0v) is 14.7. The van der Waals surface area contributed by atoms with Crippen LogP contribution in [0.1, 0.15) is 36.2 Å². The minimum absolute atomic E-state index is 0.100. The molecule has 0 aliphatic rings. The highest BCUT2D eigenvalue weighted by atomic mass is 16.5. The minimum atomic E-state index is -0.937. The molecule has 24 heavy (non-hydrogen) atoms. The number of rotatable bonds is 9. The number of nitrogens with zero attached hydrogens (tertiary/aromatic N) is 1. The summed E-state index contributed by atoms with van der Waals surface area (Å²) in [6.45, 7) is 7.57. The van der Waals surface area contributed by atoms with E-state index < -0.39 is 5.97 Å². The van der Waals surface area contributed by atoms with Crippen molar-refractivity contribution in [1.82, 2.24) is 4.90 Å². The topological polar surface area (TPSA) is 76.1 Å². The second kappa shape index (κ2) is 8.96. The molecule has 0 saturated heterocycles. The number of benzene rings is 1. The molecule has 0 unspecified atom stereocenters. The Labute approximate surface area is 142 Å². The number of carbonyl (C=O) groups excluding carboxylic acids is 1. The summed E-state index contributed by atoms with van der Waals surface area (Å²) in [7, 11) is 3.05. The van der Waals surface area contributed by atoms with E-state index in [2.05, 4.69) is 6.58 Å². The number of carboxylic acid groups (broad SMARTS) is 1. The van der Waals surface area contributed by atoms with Gasteiger partial charge in [0.25, 0.3) is 5.91 Å². The van der Waals surface area contributed by atoms with Gasteiger partial charge in [-0.15, -0.1) is 6.58 Å². The molecule has 0 heterocycles. The van der Waals surface area contributed by atoms with Gasteiger partial charge in [0, 0.05) is 23.7 Å². The fraction of sp³-hybridized carbons (Fsp3) is 0.444. The highest BCUT2D eigenvalue weighted by Gasteiger charge is 2.22. The third-order valence-corrected chi connectivity index (χ3v) is 3.62. The molecule has 6 nitrogen and oxygen atoms in total. The summed E-state index contributed by atoms with van der Waals surface area (Å²) in [5.74, 6) is -0.150. The highest BCUT2D eigenvalue weighted by molar-refractivity contribution is 5.95. The van der Waals surface area contributed by atoms with E-state index in [1.165, 1.54) is 12.0 Å². The van der Waals surface area contributed by atoms with E-state index in [0.29, 0.717) is 23.5 Å². The summed E-state index contributed by atoms with van der Waals surface area (Å²) in [5.41, 5.74) is 1.22. The lowest BCUT2D eigenvalue weighted by molar-refractivity contribution is -0.137. The molecule has 0 saturated carbocycles. The van der Waals surface area contributed by atoms with E-state index in [1.54, 1.807) is 25.3 Å². The van der Waals surface area contributed by atoms with Crippen molar-refractivity contribution in [3.63, 3.8) is 0 Å². The molecule has 1 aromatic carbocycles. The van der Waals surface area contributed by atoms with E-state index in [4.69, 9.17) is 14.6 Å². The first-order valence-electron chi connectivity index (χ1n) is 7.74. The summed E-state index contributed by atoms with van der Waals surface area (Å²) >= 11 is 0. The molecule has 0 spiro atoms. The van der Waals surface area contributed by atoms with Crippen LogP contribution in [0, 0.1) is 0 Å². The number of allylic oxidation sites excluding steroid dienone is 1. The Kier molecular flexibility index (Phi) is 7.30. The third-order valence-electron chi connectivity index (χ3n) is 3.62. The zero-order chi connectivity index (χ0) is 18.3. The first-order chi connectivity index (χ1) is 11.3. The molecule has 132 valence electrons. The summed E-state index contributed by atoms with van der Waals surface area (Å²) in [6, 6.07) is 3.23. The van der Waals surface area contributed by atoms with E-state index in [0.717, 1.165) is 5.56 Å². The largest absolute Gasteiger partial charge is 0.493 e. The first-order valence-corrected chi connectivity index (χ1v) is 7.74. The number of amides is 1. The van der Waals surface area contributed by atoms with Crippen molar-refractivity contribution in [2.45, 2.75) is 32.7 Å². The number of hydrogen-bond acceptors (Lipinski definition) is 4. The van der Waals surface area contributed by atoms with Gasteiger partial charge in [0.15, 0.2) is 11.5 Å². The van der Waals surface area contributed by atoms with Gasteiger partial charge in [-0.25, -0.2) is 0 Å². The van der Waals surface area contributed by atoms with Gasteiger partial charge in [-0.2, -0.15) is 0 Å². The second-order valence-electron chi connectivity index (χ2n) is 5.60. The smallest absolute Gasteiger partial charge is 0.305 e. The molecule has 0 fully saturated rings. The molecule has 6 heteroatoms. The quantitative estimate of drug-likeness (QED) is 0.702. The Morgan fingerprint density at radius 2 is 1.96 bits per heavy atom. The van der Waals surface area contributed by atoms with Crippen LogP contribution < -0.4 is 9.47 Å². The molecule has 0 aliphatic heterocycles. The van der Waals surface area contributed by atoms with E-state index in [1.807, 2.05) is 13.8 Å². The summed E-state index contributed by atoms with van der Waals surface area (Å²) in [4.78, 5) is 25.2. The highest BCUT2D eigenvalue weighted by Crippen LogP contribution is 2.33. The zero-order valence-electron chi connectivity index (χ0n) is 14.7. The van der Waals surface area contributed by atoms with Gasteiger partial charge < -0.3 is 19.5 Å². The van der Waals surface area contributed by atoms with Gasteiger partial charge in [0.1, 0.15) is 0 Å². The number of ether oxygens (including phenoxy) is 2. The Balaban J connectivity index is 3.26. The lowest BCUT2D eigenvalue weighted by atomic mass is 10.0. The van der Waals surface area contributed by atoms with E-state index in [-0.39, 0.29) is 24.9 Å². The molecule has 1 amide bonds. The predicted octanol–water partition coefficient (Wildman–Crippen LogP) is 2.76. The lowest BCUT2D eigenvalue weighted by Gasteiger charge is -2.27. The van der Waals surface area contributed by atoms with Crippen LogP contribution in [-0.2, 0) is 11.2 Å². The maximum Gasteiger partial charge on any atom is 0.305 e. The van der Waals surface area contributed by atoms with Gasteiger partial charge in [-0.3, -0.25) is 9.59 Å². The Hall–Kier alpha value is -2.50. The number of hydrogen-bond donors (Lipinski definition) is 1. The maximum atomic E-state index is 12.8. The van der Waals surface area contributed by atoms with Crippen molar-refractivity contribution < 1.29 is 24.2 Å². The molecule has 0 aliphatic carbocycles. The number of aliphatic carboxylic acids is 1. The van der Waals surface area contributed by atoms with E-state index >= 15 is 0 Å². The van der Waals surface area contributed by atoms with Crippen molar-refractivity contribution in [3.8, 4) is 11.5 Å². The van der Waals surface area contributed by atoms with Crippen molar-refractivity contribution in [2.75, 3.05) is 20.8 Å². The van der Waals surface area contributed by atoms with Gasteiger partial charge >= 0.3 is 5.97 Å². The second-order valence-corrected chi connectivity index (χ2v) is 5.60. The molecule has 1 N–H and O–H groups in total. The van der Waals surface area contributed by atoms with Crippen molar-refractivity contribution >= 4 is 11.9 Å². The molecular formula is C18H25NO5. The van der Waals surface area contributed by atoms with Crippen LogP contribution in [0.3, 0.4) is 0 Å². The van der Waals surface area contributed by atoms with Crippen LogP contribution in [0.5, 0.6) is 11.5 Å². The molecule has 0 atom stereocenters.